The van der Waals surface area contributed by atoms with Crippen LogP contribution in [0.15, 0.2) is 4.99 Å². The molecule has 0 bridgehead atoms. The third kappa shape index (κ3) is 6.97. The Morgan fingerprint density at radius 1 is 1.10 bits per heavy atom. The third-order valence-corrected chi connectivity index (χ3v) is 6.82. The quantitative estimate of drug-likeness (QED) is 0.322. The molecule has 2 heterocycles. The van der Waals surface area contributed by atoms with Crippen LogP contribution in [0.5, 0.6) is 0 Å². The second-order valence-corrected chi connectivity index (χ2v) is 9.05. The van der Waals surface area contributed by atoms with Gasteiger partial charge >= 0.3 is 0 Å². The summed E-state index contributed by atoms with van der Waals surface area (Å²) in [5, 5.41) is 6.98. The standard InChI is InChI=1S/C22H41N5O.HI/c1-4-23-22(24-15-18(3)27-13-8-7-9-17(27)2)25-20-12-14-26(16-20)21(28)19-10-5-6-11-19;/h17-20H,4-16H2,1-3H3,(H2,23,24,25);1H. The van der Waals surface area contributed by atoms with Crippen molar-refractivity contribution in [3.63, 3.8) is 0 Å². The Morgan fingerprint density at radius 3 is 2.52 bits per heavy atom. The molecule has 3 rings (SSSR count). The molecule has 3 fully saturated rings. The highest BCUT2D eigenvalue weighted by Gasteiger charge is 2.32. The zero-order chi connectivity index (χ0) is 19.9. The predicted molar refractivity (Wildman–Crippen MR) is 131 cm³/mol. The van der Waals surface area contributed by atoms with Gasteiger partial charge in [0.05, 0.1) is 6.54 Å². The fourth-order valence-electron chi connectivity index (χ4n) is 5.13. The second-order valence-electron chi connectivity index (χ2n) is 9.05. The molecule has 0 aromatic rings. The summed E-state index contributed by atoms with van der Waals surface area (Å²) in [6.07, 6.45) is 9.60. The highest BCUT2D eigenvalue weighted by atomic mass is 127. The molecule has 0 aromatic carbocycles. The average molecular weight is 520 g/mol. The number of nitrogens with one attached hydrogen (secondary N) is 2. The number of hydrogen-bond donors (Lipinski definition) is 2. The van der Waals surface area contributed by atoms with E-state index in [1.54, 1.807) is 0 Å². The number of piperidine rings is 1. The molecule has 0 aromatic heterocycles. The largest absolute Gasteiger partial charge is 0.357 e. The highest BCUT2D eigenvalue weighted by molar-refractivity contribution is 14.0. The molecular formula is C22H42IN5O. The van der Waals surface area contributed by atoms with Crippen molar-refractivity contribution in [3.8, 4) is 0 Å². The van der Waals surface area contributed by atoms with Crippen molar-refractivity contribution in [2.45, 2.75) is 90.3 Å². The Balaban J connectivity index is 0.00000300. The van der Waals surface area contributed by atoms with Gasteiger partial charge in [-0.3, -0.25) is 14.7 Å². The highest BCUT2D eigenvalue weighted by Crippen LogP contribution is 2.27. The molecule has 2 saturated heterocycles. The van der Waals surface area contributed by atoms with Crippen LogP contribution < -0.4 is 10.6 Å². The molecule has 0 radical (unpaired) electrons. The van der Waals surface area contributed by atoms with Crippen molar-refractivity contribution in [1.82, 2.24) is 20.4 Å². The minimum atomic E-state index is 0. The first-order valence-corrected chi connectivity index (χ1v) is 11.7. The normalized spacial score (nSPS) is 27.6. The summed E-state index contributed by atoms with van der Waals surface area (Å²) >= 11 is 0. The summed E-state index contributed by atoms with van der Waals surface area (Å²) in [6, 6.07) is 1.45. The molecule has 168 valence electrons. The van der Waals surface area contributed by atoms with Crippen molar-refractivity contribution < 1.29 is 4.79 Å². The van der Waals surface area contributed by atoms with Gasteiger partial charge in [-0.2, -0.15) is 0 Å². The Morgan fingerprint density at radius 2 is 1.83 bits per heavy atom. The zero-order valence-corrected chi connectivity index (χ0v) is 21.0. The van der Waals surface area contributed by atoms with Gasteiger partial charge < -0.3 is 15.5 Å². The van der Waals surface area contributed by atoms with Crippen LogP contribution in [0.1, 0.15) is 72.1 Å². The minimum absolute atomic E-state index is 0. The van der Waals surface area contributed by atoms with E-state index in [4.69, 9.17) is 4.99 Å². The number of rotatable bonds is 6. The summed E-state index contributed by atoms with van der Waals surface area (Å²) in [4.78, 5) is 22.2. The Labute approximate surface area is 194 Å². The van der Waals surface area contributed by atoms with E-state index < -0.39 is 0 Å². The van der Waals surface area contributed by atoms with E-state index in [1.807, 2.05) is 0 Å². The number of likely N-dealkylation sites (tertiary alicyclic amines) is 2. The van der Waals surface area contributed by atoms with E-state index in [2.05, 4.69) is 41.2 Å². The topological polar surface area (TPSA) is 60.0 Å². The summed E-state index contributed by atoms with van der Waals surface area (Å²) in [5.74, 6) is 1.57. The van der Waals surface area contributed by atoms with Crippen LogP contribution in [0.2, 0.25) is 0 Å². The molecule has 3 unspecified atom stereocenters. The number of amides is 1. The van der Waals surface area contributed by atoms with Crippen molar-refractivity contribution >= 4 is 35.8 Å². The maximum Gasteiger partial charge on any atom is 0.225 e. The van der Waals surface area contributed by atoms with E-state index >= 15 is 0 Å². The number of carbonyl (C=O) groups excluding carboxylic acids is 1. The van der Waals surface area contributed by atoms with Crippen LogP contribution in [-0.2, 0) is 4.79 Å². The summed E-state index contributed by atoms with van der Waals surface area (Å²) < 4.78 is 0. The van der Waals surface area contributed by atoms with Gasteiger partial charge in [-0.15, -0.1) is 24.0 Å². The Bertz CT molecular complexity index is 537. The molecular weight excluding hydrogens is 477 g/mol. The first-order valence-electron chi connectivity index (χ1n) is 11.7. The number of halogens is 1. The molecule has 3 atom stereocenters. The van der Waals surface area contributed by atoms with Gasteiger partial charge in [-0.1, -0.05) is 19.3 Å². The molecule has 2 aliphatic heterocycles. The molecule has 1 saturated carbocycles. The second kappa shape index (κ2) is 12.3. The maximum atomic E-state index is 12.7. The molecule has 1 amide bonds. The predicted octanol–water partition coefficient (Wildman–Crippen LogP) is 3.21. The van der Waals surface area contributed by atoms with Gasteiger partial charge in [0.2, 0.25) is 5.91 Å². The van der Waals surface area contributed by atoms with Crippen LogP contribution >= 0.6 is 24.0 Å². The molecule has 29 heavy (non-hydrogen) atoms. The lowest BCUT2D eigenvalue weighted by molar-refractivity contribution is -0.134. The number of guanidine groups is 1. The number of hydrogen-bond acceptors (Lipinski definition) is 3. The monoisotopic (exact) mass is 519 g/mol. The van der Waals surface area contributed by atoms with Crippen molar-refractivity contribution in [3.05, 3.63) is 0 Å². The SMILES string of the molecule is CCNC(=NCC(C)N1CCCCC1C)NC1CCN(C(=O)C2CCCC2)C1.I. The van der Waals surface area contributed by atoms with E-state index in [0.717, 1.165) is 51.4 Å². The first kappa shape index (κ1) is 24.7. The first-order chi connectivity index (χ1) is 13.6. The van der Waals surface area contributed by atoms with Gasteiger partial charge in [-0.05, 0) is 59.4 Å². The Hall–Kier alpha value is -0.570. The van der Waals surface area contributed by atoms with Gasteiger partial charge in [-0.25, -0.2) is 0 Å². The van der Waals surface area contributed by atoms with E-state index in [-0.39, 0.29) is 29.9 Å². The smallest absolute Gasteiger partial charge is 0.225 e. The maximum absolute atomic E-state index is 12.7. The van der Waals surface area contributed by atoms with Gasteiger partial charge in [0.25, 0.3) is 0 Å². The van der Waals surface area contributed by atoms with Crippen LogP contribution in [0, 0.1) is 5.92 Å². The molecule has 7 heteroatoms. The van der Waals surface area contributed by atoms with Crippen LogP contribution in [-0.4, -0.2) is 72.5 Å². The van der Waals surface area contributed by atoms with Crippen LogP contribution in [0.4, 0.5) is 0 Å². The van der Waals surface area contributed by atoms with Gasteiger partial charge in [0.15, 0.2) is 5.96 Å². The molecule has 1 aliphatic carbocycles. The van der Waals surface area contributed by atoms with E-state index in [1.165, 1.54) is 38.6 Å². The van der Waals surface area contributed by atoms with Crippen molar-refractivity contribution in [2.75, 3.05) is 32.7 Å². The third-order valence-electron chi connectivity index (χ3n) is 6.82. The van der Waals surface area contributed by atoms with Crippen LogP contribution in [0.25, 0.3) is 0 Å². The summed E-state index contributed by atoms with van der Waals surface area (Å²) in [7, 11) is 0. The van der Waals surface area contributed by atoms with Crippen molar-refractivity contribution in [2.24, 2.45) is 10.9 Å². The van der Waals surface area contributed by atoms with Crippen LogP contribution in [0.3, 0.4) is 0 Å². The molecule has 3 aliphatic rings. The lowest BCUT2D eigenvalue weighted by atomic mass is 10.0. The average Bonchev–Trinajstić information content (AvgIpc) is 3.38. The van der Waals surface area contributed by atoms with Gasteiger partial charge in [0.1, 0.15) is 0 Å². The Kier molecular flexibility index (Phi) is 10.5. The molecule has 2 N–H and O–H groups in total. The summed E-state index contributed by atoms with van der Waals surface area (Å²) in [6.45, 7) is 11.3. The fraction of sp³-hybridized carbons (Fsp3) is 0.909. The zero-order valence-electron chi connectivity index (χ0n) is 18.7. The van der Waals surface area contributed by atoms with E-state index in [9.17, 15) is 4.79 Å². The fourth-order valence-corrected chi connectivity index (χ4v) is 5.13. The molecule has 6 nitrogen and oxygen atoms in total. The number of nitrogens with zero attached hydrogens (tertiary/aromatic N) is 3. The summed E-state index contributed by atoms with van der Waals surface area (Å²) in [5.41, 5.74) is 0. The molecule has 0 spiro atoms. The van der Waals surface area contributed by atoms with Gasteiger partial charge in [0, 0.05) is 43.7 Å². The lowest BCUT2D eigenvalue weighted by Gasteiger charge is -2.37. The minimum Gasteiger partial charge on any atom is -0.357 e. The van der Waals surface area contributed by atoms with Crippen molar-refractivity contribution in [1.29, 1.82) is 0 Å². The van der Waals surface area contributed by atoms with E-state index in [0.29, 0.717) is 24.0 Å². The number of carbonyl (C=O) groups is 1. The number of aliphatic imine (C=N–C) groups is 1. The lowest BCUT2D eigenvalue weighted by Crippen LogP contribution is -2.47.